The molecule has 1 aromatic heterocycles. The molecule has 1 aliphatic heterocycles. The maximum Gasteiger partial charge on any atom is 0.258 e. The topological polar surface area (TPSA) is 86.3 Å². The lowest BCUT2D eigenvalue weighted by molar-refractivity contribution is -0.143. The Morgan fingerprint density at radius 1 is 1.31 bits per heavy atom. The number of carbonyl (C=O) groups excluding carboxylic acids is 1. The van der Waals surface area contributed by atoms with Crippen LogP contribution in [0.15, 0.2) is 29.1 Å². The number of carbonyl (C=O) groups is 1. The second-order valence-electron chi connectivity index (χ2n) is 7.67. The van der Waals surface area contributed by atoms with Gasteiger partial charge in [-0.15, -0.1) is 0 Å². The summed E-state index contributed by atoms with van der Waals surface area (Å²) in [6.07, 6.45) is 5.51. The number of para-hydroxylation sites is 1. The number of hydrogen-bond acceptors (Lipinski definition) is 4. The lowest BCUT2D eigenvalue weighted by atomic mass is 9.71. The molecule has 4 rings (SSSR count). The van der Waals surface area contributed by atoms with Crippen LogP contribution >= 0.6 is 0 Å². The largest absolute Gasteiger partial charge is 0.389 e. The number of hydrogen-bond donors (Lipinski definition) is 2. The monoisotopic (exact) mass is 355 g/mol. The van der Waals surface area contributed by atoms with Crippen molar-refractivity contribution in [1.29, 1.82) is 0 Å². The Hall–Kier alpha value is -2.21. The van der Waals surface area contributed by atoms with E-state index >= 15 is 0 Å². The van der Waals surface area contributed by atoms with Gasteiger partial charge in [-0.3, -0.25) is 9.59 Å². The van der Waals surface area contributed by atoms with E-state index < -0.39 is 5.60 Å². The van der Waals surface area contributed by atoms with Crippen LogP contribution in [0.1, 0.15) is 44.3 Å². The molecule has 2 atom stereocenters. The van der Waals surface area contributed by atoms with Crippen molar-refractivity contribution < 1.29 is 9.90 Å². The zero-order valence-electron chi connectivity index (χ0n) is 14.9. The van der Waals surface area contributed by atoms with Crippen LogP contribution in [-0.2, 0) is 11.2 Å². The highest BCUT2D eigenvalue weighted by Gasteiger charge is 2.43. The second-order valence-corrected chi connectivity index (χ2v) is 7.67. The normalized spacial score (nSPS) is 25.9. The summed E-state index contributed by atoms with van der Waals surface area (Å²) < 4.78 is 0. The van der Waals surface area contributed by atoms with Crippen LogP contribution in [0.5, 0.6) is 0 Å². The van der Waals surface area contributed by atoms with Crippen LogP contribution in [0.2, 0.25) is 0 Å². The lowest BCUT2D eigenvalue weighted by Gasteiger charge is -2.47. The maximum atomic E-state index is 12.6. The van der Waals surface area contributed by atoms with Gasteiger partial charge in [-0.1, -0.05) is 25.0 Å². The molecule has 1 saturated carbocycles. The number of aryl methyl sites for hydroxylation is 1. The summed E-state index contributed by atoms with van der Waals surface area (Å²) in [5, 5.41) is 11.3. The Morgan fingerprint density at radius 3 is 3.04 bits per heavy atom. The van der Waals surface area contributed by atoms with Gasteiger partial charge in [-0.05, 0) is 31.4 Å². The number of piperidine rings is 1. The highest BCUT2D eigenvalue weighted by molar-refractivity contribution is 5.78. The standard InChI is InChI=1S/C20H25N3O3/c24-18(23-12-11-20(26)10-4-3-5-14(20)13-23)9-8-17-21-16-7-2-1-6-15(16)19(25)22-17/h1-2,6-7,14,26H,3-5,8-13H2,(H,21,22,25). The number of benzene rings is 1. The molecule has 2 aromatic rings. The Bertz CT molecular complexity index is 878. The first kappa shape index (κ1) is 17.2. The van der Waals surface area contributed by atoms with Gasteiger partial charge < -0.3 is 15.0 Å². The third-order valence-electron chi connectivity index (χ3n) is 6.02. The van der Waals surface area contributed by atoms with Gasteiger partial charge in [0.2, 0.25) is 5.91 Å². The zero-order chi connectivity index (χ0) is 18.1. The Kier molecular flexibility index (Phi) is 4.53. The lowest BCUT2D eigenvalue weighted by Crippen LogP contribution is -2.54. The number of amides is 1. The summed E-state index contributed by atoms with van der Waals surface area (Å²) in [5.74, 6) is 0.828. The molecule has 6 heteroatoms. The molecule has 6 nitrogen and oxygen atoms in total. The summed E-state index contributed by atoms with van der Waals surface area (Å²) in [6, 6.07) is 7.22. The second kappa shape index (κ2) is 6.83. The third kappa shape index (κ3) is 3.26. The van der Waals surface area contributed by atoms with Crippen LogP contribution in [0.4, 0.5) is 0 Å². The number of likely N-dealkylation sites (tertiary alicyclic amines) is 1. The van der Waals surface area contributed by atoms with Crippen molar-refractivity contribution in [2.24, 2.45) is 5.92 Å². The summed E-state index contributed by atoms with van der Waals surface area (Å²) in [6.45, 7) is 1.27. The molecule has 2 N–H and O–H groups in total. The molecule has 2 unspecified atom stereocenters. The van der Waals surface area contributed by atoms with E-state index in [9.17, 15) is 14.7 Å². The van der Waals surface area contributed by atoms with E-state index in [0.29, 0.717) is 49.1 Å². The van der Waals surface area contributed by atoms with Crippen LogP contribution in [0.3, 0.4) is 0 Å². The number of H-pyrrole nitrogens is 1. The average Bonchev–Trinajstić information content (AvgIpc) is 2.65. The van der Waals surface area contributed by atoms with E-state index in [1.807, 2.05) is 23.1 Å². The molecule has 1 amide bonds. The van der Waals surface area contributed by atoms with Crippen molar-refractivity contribution in [3.8, 4) is 0 Å². The molecule has 1 aromatic carbocycles. The quantitative estimate of drug-likeness (QED) is 0.882. The van der Waals surface area contributed by atoms with Crippen LogP contribution in [-0.4, -0.2) is 44.6 Å². The van der Waals surface area contributed by atoms with Gasteiger partial charge in [0.05, 0.1) is 16.5 Å². The molecule has 2 fully saturated rings. The van der Waals surface area contributed by atoms with Crippen molar-refractivity contribution in [3.63, 3.8) is 0 Å². The number of rotatable bonds is 3. The van der Waals surface area contributed by atoms with Gasteiger partial charge in [0, 0.05) is 31.8 Å². The maximum absolute atomic E-state index is 12.6. The molecule has 0 spiro atoms. The molecule has 1 saturated heterocycles. The van der Waals surface area contributed by atoms with Gasteiger partial charge in [0.1, 0.15) is 5.82 Å². The third-order valence-corrected chi connectivity index (χ3v) is 6.02. The van der Waals surface area contributed by atoms with Crippen LogP contribution in [0.25, 0.3) is 10.9 Å². The minimum atomic E-state index is -0.569. The minimum Gasteiger partial charge on any atom is -0.389 e. The molecule has 26 heavy (non-hydrogen) atoms. The number of aromatic amines is 1. The van der Waals surface area contributed by atoms with Gasteiger partial charge in [-0.25, -0.2) is 4.98 Å². The van der Waals surface area contributed by atoms with E-state index in [0.717, 1.165) is 25.7 Å². The fraction of sp³-hybridized carbons (Fsp3) is 0.550. The first-order valence-corrected chi connectivity index (χ1v) is 9.53. The SMILES string of the molecule is O=C(CCc1nc2ccccc2c(=O)[nH]1)N1CCC2(O)CCCCC2C1. The van der Waals surface area contributed by atoms with Crippen LogP contribution in [0, 0.1) is 5.92 Å². The zero-order valence-corrected chi connectivity index (χ0v) is 14.9. The molecular formula is C20H25N3O3. The smallest absolute Gasteiger partial charge is 0.258 e. The number of aliphatic hydroxyl groups is 1. The average molecular weight is 355 g/mol. The Labute approximate surface area is 152 Å². The molecule has 2 aliphatic rings. The summed E-state index contributed by atoms with van der Waals surface area (Å²) in [4.78, 5) is 33.9. The molecule has 0 bridgehead atoms. The van der Waals surface area contributed by atoms with E-state index in [4.69, 9.17) is 0 Å². The molecule has 138 valence electrons. The first-order chi connectivity index (χ1) is 12.5. The van der Waals surface area contributed by atoms with Crippen molar-refractivity contribution in [3.05, 3.63) is 40.4 Å². The van der Waals surface area contributed by atoms with Crippen molar-refractivity contribution in [1.82, 2.24) is 14.9 Å². The number of nitrogens with one attached hydrogen (secondary N) is 1. The van der Waals surface area contributed by atoms with E-state index in [2.05, 4.69) is 9.97 Å². The van der Waals surface area contributed by atoms with Crippen LogP contribution < -0.4 is 5.56 Å². The summed E-state index contributed by atoms with van der Waals surface area (Å²) in [5.41, 5.74) is -0.0765. The molecule has 2 heterocycles. The Balaban J connectivity index is 1.41. The predicted molar refractivity (Wildman–Crippen MR) is 98.8 cm³/mol. The van der Waals surface area contributed by atoms with Gasteiger partial charge in [0.25, 0.3) is 5.56 Å². The van der Waals surface area contributed by atoms with E-state index in [1.165, 1.54) is 0 Å². The number of nitrogens with zero attached hydrogens (tertiary/aromatic N) is 2. The van der Waals surface area contributed by atoms with Crippen molar-refractivity contribution in [2.75, 3.05) is 13.1 Å². The van der Waals surface area contributed by atoms with E-state index in [-0.39, 0.29) is 17.4 Å². The van der Waals surface area contributed by atoms with Crippen molar-refractivity contribution in [2.45, 2.75) is 50.5 Å². The summed E-state index contributed by atoms with van der Waals surface area (Å²) in [7, 11) is 0. The highest BCUT2D eigenvalue weighted by Crippen LogP contribution is 2.39. The Morgan fingerprint density at radius 2 is 2.15 bits per heavy atom. The molecular weight excluding hydrogens is 330 g/mol. The first-order valence-electron chi connectivity index (χ1n) is 9.53. The van der Waals surface area contributed by atoms with Gasteiger partial charge in [0.15, 0.2) is 0 Å². The molecule has 1 aliphatic carbocycles. The fourth-order valence-corrected chi connectivity index (χ4v) is 4.43. The van der Waals surface area contributed by atoms with E-state index in [1.54, 1.807) is 6.07 Å². The summed E-state index contributed by atoms with van der Waals surface area (Å²) >= 11 is 0. The van der Waals surface area contributed by atoms with Gasteiger partial charge in [-0.2, -0.15) is 0 Å². The minimum absolute atomic E-state index is 0.0773. The fourth-order valence-electron chi connectivity index (χ4n) is 4.43. The van der Waals surface area contributed by atoms with Crippen molar-refractivity contribution >= 4 is 16.8 Å². The molecule has 0 radical (unpaired) electrons. The predicted octanol–water partition coefficient (Wildman–Crippen LogP) is 2.01. The highest BCUT2D eigenvalue weighted by atomic mass is 16.3. The number of aromatic nitrogens is 2. The van der Waals surface area contributed by atoms with Gasteiger partial charge >= 0.3 is 0 Å². The number of fused-ring (bicyclic) bond motifs is 2.